The van der Waals surface area contributed by atoms with Crippen molar-refractivity contribution < 1.29 is 4.74 Å². The predicted octanol–water partition coefficient (Wildman–Crippen LogP) is 8.14. The van der Waals surface area contributed by atoms with Gasteiger partial charge < -0.3 is 4.74 Å². The third-order valence-corrected chi connectivity index (χ3v) is 6.19. The molecule has 0 heterocycles. The molecule has 154 valence electrons. The molecule has 0 saturated heterocycles. The van der Waals surface area contributed by atoms with E-state index in [0.29, 0.717) is 0 Å². The Bertz CT molecular complexity index is 744. The summed E-state index contributed by atoms with van der Waals surface area (Å²) >= 11 is 0. The molecule has 0 saturated carbocycles. The molecule has 1 nitrogen and oxygen atoms in total. The number of ether oxygens (including phenoxy) is 1. The molecule has 0 amide bonds. The Kier molecular flexibility index (Phi) is 7.75. The van der Waals surface area contributed by atoms with Crippen LogP contribution in [0.4, 0.5) is 0 Å². The van der Waals surface area contributed by atoms with E-state index in [4.69, 9.17) is 4.74 Å². The zero-order valence-electron chi connectivity index (χ0n) is 19.2. The summed E-state index contributed by atoms with van der Waals surface area (Å²) in [6.07, 6.45) is 16.7. The Balaban J connectivity index is 2.42. The quantitative estimate of drug-likeness (QED) is 0.326. The molecular formula is C27H40O. The molecular weight excluding hydrogens is 340 g/mol. The predicted molar refractivity (Wildman–Crippen MR) is 124 cm³/mol. The topological polar surface area (TPSA) is 9.23 Å². The van der Waals surface area contributed by atoms with Gasteiger partial charge in [0.1, 0.15) is 5.75 Å². The van der Waals surface area contributed by atoms with E-state index in [9.17, 15) is 0 Å². The van der Waals surface area contributed by atoms with Crippen LogP contribution in [0.25, 0.3) is 6.08 Å². The maximum atomic E-state index is 6.28. The maximum absolute atomic E-state index is 6.28. The molecule has 0 atom stereocenters. The second-order valence-electron chi connectivity index (χ2n) is 9.51. The number of benzene rings is 1. The van der Waals surface area contributed by atoms with Crippen molar-refractivity contribution in [1.82, 2.24) is 0 Å². The first-order chi connectivity index (χ1) is 13.2. The van der Waals surface area contributed by atoms with Gasteiger partial charge in [0.05, 0.1) is 6.61 Å². The molecule has 0 unspecified atom stereocenters. The van der Waals surface area contributed by atoms with Crippen LogP contribution in [0, 0.1) is 0 Å². The van der Waals surface area contributed by atoms with Gasteiger partial charge in [-0.2, -0.15) is 0 Å². The van der Waals surface area contributed by atoms with Gasteiger partial charge in [-0.3, -0.25) is 0 Å². The molecule has 1 heteroatoms. The van der Waals surface area contributed by atoms with Gasteiger partial charge in [-0.1, -0.05) is 83.4 Å². The molecule has 0 spiro atoms. The molecule has 1 aromatic carbocycles. The van der Waals surface area contributed by atoms with Crippen LogP contribution in [0.2, 0.25) is 0 Å². The third kappa shape index (κ3) is 5.63. The Morgan fingerprint density at radius 3 is 2.25 bits per heavy atom. The minimum atomic E-state index is 0.206. The fourth-order valence-corrected chi connectivity index (χ4v) is 3.86. The first-order valence-electron chi connectivity index (χ1n) is 11.0. The SMILES string of the molecule is C/C=C(C)/C=C/C=C/c1cc2c(cc1OCCCCC)C(C)(C)CCC2(C)C. The van der Waals surface area contributed by atoms with Crippen molar-refractivity contribution in [3.05, 3.63) is 58.7 Å². The molecule has 0 radical (unpaired) electrons. The summed E-state index contributed by atoms with van der Waals surface area (Å²) in [6.45, 7) is 16.7. The van der Waals surface area contributed by atoms with E-state index >= 15 is 0 Å². The standard InChI is InChI=1S/C27H40O/c1-8-10-13-18-28-25-20-24-23(26(4,5)16-17-27(24,6)7)19-22(25)15-12-11-14-21(3)9-2/h9,11-12,14-15,19-20H,8,10,13,16-18H2,1-7H3/b14-11+,15-12+,21-9+. The molecule has 0 aliphatic heterocycles. The number of fused-ring (bicyclic) bond motifs is 1. The second kappa shape index (κ2) is 9.63. The van der Waals surface area contributed by atoms with Crippen LogP contribution in [0.15, 0.2) is 42.0 Å². The second-order valence-corrected chi connectivity index (χ2v) is 9.51. The lowest BCUT2D eigenvalue weighted by Crippen LogP contribution is -2.34. The molecule has 0 N–H and O–H groups in total. The monoisotopic (exact) mass is 380 g/mol. The average Bonchev–Trinajstić information content (AvgIpc) is 2.66. The van der Waals surface area contributed by atoms with Crippen LogP contribution < -0.4 is 4.74 Å². The van der Waals surface area contributed by atoms with E-state index in [0.717, 1.165) is 18.8 Å². The van der Waals surface area contributed by atoms with Crippen molar-refractivity contribution in [3.63, 3.8) is 0 Å². The molecule has 1 aliphatic carbocycles. The van der Waals surface area contributed by atoms with Gasteiger partial charge in [0.25, 0.3) is 0 Å². The van der Waals surface area contributed by atoms with E-state index in [2.05, 4.69) is 91.0 Å². The lowest BCUT2D eigenvalue weighted by Gasteiger charge is -2.42. The number of unbranched alkanes of at least 4 members (excludes halogenated alkanes) is 2. The summed E-state index contributed by atoms with van der Waals surface area (Å²) in [6, 6.07) is 4.72. The van der Waals surface area contributed by atoms with Crippen LogP contribution in [0.1, 0.15) is 97.3 Å². The van der Waals surface area contributed by atoms with Crippen LogP contribution in [0.3, 0.4) is 0 Å². The highest BCUT2D eigenvalue weighted by atomic mass is 16.5. The zero-order chi connectivity index (χ0) is 20.8. The van der Waals surface area contributed by atoms with Crippen molar-refractivity contribution in [2.24, 2.45) is 0 Å². The molecule has 1 aromatic rings. The van der Waals surface area contributed by atoms with Gasteiger partial charge in [-0.25, -0.2) is 0 Å². The fraction of sp³-hybridized carbons (Fsp3) is 0.556. The fourth-order valence-electron chi connectivity index (χ4n) is 3.86. The van der Waals surface area contributed by atoms with Gasteiger partial charge in [-0.05, 0) is 67.2 Å². The van der Waals surface area contributed by atoms with Crippen LogP contribution >= 0.6 is 0 Å². The number of hydrogen-bond donors (Lipinski definition) is 0. The highest BCUT2D eigenvalue weighted by Crippen LogP contribution is 2.47. The van der Waals surface area contributed by atoms with Crippen molar-refractivity contribution >= 4 is 6.08 Å². The van der Waals surface area contributed by atoms with E-state index < -0.39 is 0 Å². The normalized spacial score (nSPS) is 18.6. The first-order valence-corrected chi connectivity index (χ1v) is 11.0. The minimum Gasteiger partial charge on any atom is -0.493 e. The van der Waals surface area contributed by atoms with E-state index in [1.165, 1.54) is 47.9 Å². The number of rotatable bonds is 8. The van der Waals surface area contributed by atoms with Crippen molar-refractivity contribution in [2.45, 2.75) is 91.4 Å². The summed E-state index contributed by atoms with van der Waals surface area (Å²) in [5.41, 5.74) is 5.84. The van der Waals surface area contributed by atoms with E-state index in [-0.39, 0.29) is 10.8 Å². The molecule has 0 fully saturated rings. The zero-order valence-corrected chi connectivity index (χ0v) is 19.2. The van der Waals surface area contributed by atoms with Gasteiger partial charge in [0, 0.05) is 5.56 Å². The summed E-state index contributed by atoms with van der Waals surface area (Å²) in [4.78, 5) is 0. The minimum absolute atomic E-state index is 0.206. The molecule has 0 aromatic heterocycles. The lowest BCUT2D eigenvalue weighted by atomic mass is 9.63. The molecule has 1 aliphatic rings. The van der Waals surface area contributed by atoms with E-state index in [1.54, 1.807) is 0 Å². The summed E-state index contributed by atoms with van der Waals surface area (Å²) in [5, 5.41) is 0. The van der Waals surface area contributed by atoms with Gasteiger partial charge >= 0.3 is 0 Å². The summed E-state index contributed by atoms with van der Waals surface area (Å²) in [5.74, 6) is 1.04. The van der Waals surface area contributed by atoms with Crippen LogP contribution in [-0.4, -0.2) is 6.61 Å². The van der Waals surface area contributed by atoms with Crippen molar-refractivity contribution in [3.8, 4) is 5.75 Å². The molecule has 2 rings (SSSR count). The first kappa shape index (κ1) is 22.5. The number of allylic oxidation sites excluding steroid dienone is 5. The van der Waals surface area contributed by atoms with Crippen molar-refractivity contribution in [1.29, 1.82) is 0 Å². The lowest BCUT2D eigenvalue weighted by molar-refractivity contribution is 0.298. The van der Waals surface area contributed by atoms with E-state index in [1.807, 2.05) is 0 Å². The molecule has 28 heavy (non-hydrogen) atoms. The van der Waals surface area contributed by atoms with Gasteiger partial charge in [0.2, 0.25) is 0 Å². The molecule has 0 bridgehead atoms. The third-order valence-electron chi connectivity index (χ3n) is 6.19. The Morgan fingerprint density at radius 1 is 1.00 bits per heavy atom. The smallest absolute Gasteiger partial charge is 0.126 e. The average molecular weight is 381 g/mol. The summed E-state index contributed by atoms with van der Waals surface area (Å²) in [7, 11) is 0. The largest absolute Gasteiger partial charge is 0.493 e. The van der Waals surface area contributed by atoms with Crippen LogP contribution in [0.5, 0.6) is 5.75 Å². The van der Waals surface area contributed by atoms with Gasteiger partial charge in [-0.15, -0.1) is 0 Å². The Morgan fingerprint density at radius 2 is 1.64 bits per heavy atom. The summed E-state index contributed by atoms with van der Waals surface area (Å²) < 4.78 is 6.28. The van der Waals surface area contributed by atoms with Crippen molar-refractivity contribution in [2.75, 3.05) is 6.61 Å². The van der Waals surface area contributed by atoms with Gasteiger partial charge in [0.15, 0.2) is 0 Å². The highest BCUT2D eigenvalue weighted by molar-refractivity contribution is 5.63. The highest BCUT2D eigenvalue weighted by Gasteiger charge is 2.37. The Labute approximate surface area is 173 Å². The maximum Gasteiger partial charge on any atom is 0.126 e. The number of hydrogen-bond acceptors (Lipinski definition) is 1. The van der Waals surface area contributed by atoms with Crippen LogP contribution in [-0.2, 0) is 10.8 Å². The Hall–Kier alpha value is -1.76.